The number of hydrogen-bond donors (Lipinski definition) is 1. The highest BCUT2D eigenvalue weighted by molar-refractivity contribution is 9.12. The van der Waals surface area contributed by atoms with Crippen LogP contribution in [-0.2, 0) is 4.79 Å². The molecule has 0 saturated heterocycles. The monoisotopic (exact) mass is 361 g/mol. The van der Waals surface area contributed by atoms with Crippen molar-refractivity contribution in [2.75, 3.05) is 5.32 Å². The number of anilines is 1. The summed E-state index contributed by atoms with van der Waals surface area (Å²) in [6, 6.07) is 4.39. The van der Waals surface area contributed by atoms with Crippen molar-refractivity contribution in [3.8, 4) is 0 Å². The first-order valence-electron chi connectivity index (χ1n) is 4.40. The van der Waals surface area contributed by atoms with E-state index >= 15 is 0 Å². The van der Waals surface area contributed by atoms with Crippen molar-refractivity contribution in [1.29, 1.82) is 0 Å². The number of allylic oxidation sites excluding steroid dienone is 1. The average Bonchev–Trinajstić information content (AvgIpc) is 2.28. The maximum atomic E-state index is 12.1. The smallest absolute Gasteiger partial charge is 0.360 e. The fourth-order valence-corrected chi connectivity index (χ4v) is 1.57. The summed E-state index contributed by atoms with van der Waals surface area (Å²) < 4.78 is 35.5. The molecule has 0 amide bonds. The number of alkyl halides is 3. The molecule has 0 fully saturated rings. The topological polar surface area (TPSA) is 29.1 Å². The van der Waals surface area contributed by atoms with Crippen molar-refractivity contribution in [3.05, 3.63) is 38.9 Å². The highest BCUT2D eigenvalue weighted by atomic mass is 79.9. The molecular formula is C10H5BrCl2F3NO. The number of benzene rings is 1. The van der Waals surface area contributed by atoms with E-state index in [-0.39, 0.29) is 5.02 Å². The molecule has 18 heavy (non-hydrogen) atoms. The first-order valence-corrected chi connectivity index (χ1v) is 5.95. The third kappa shape index (κ3) is 4.19. The Morgan fingerprint density at radius 3 is 2.39 bits per heavy atom. The number of carbonyl (C=O) groups excluding carboxylic acids is 1. The molecule has 8 heteroatoms. The molecule has 98 valence electrons. The molecule has 1 aromatic carbocycles. The summed E-state index contributed by atoms with van der Waals surface area (Å²) in [5.41, 5.74) is 0.399. The zero-order valence-corrected chi connectivity index (χ0v) is 11.6. The average molecular weight is 363 g/mol. The summed E-state index contributed by atoms with van der Waals surface area (Å²) in [5.74, 6) is -1.98. The van der Waals surface area contributed by atoms with Crippen molar-refractivity contribution in [2.45, 2.75) is 6.18 Å². The minimum atomic E-state index is -4.92. The van der Waals surface area contributed by atoms with Crippen molar-refractivity contribution >= 4 is 50.6 Å². The minimum Gasteiger partial charge on any atom is -0.360 e. The van der Waals surface area contributed by atoms with Gasteiger partial charge in [-0.25, -0.2) is 0 Å². The van der Waals surface area contributed by atoms with Crippen LogP contribution in [0.3, 0.4) is 0 Å². The van der Waals surface area contributed by atoms with E-state index in [1.807, 2.05) is 0 Å². The van der Waals surface area contributed by atoms with Gasteiger partial charge in [0, 0.05) is 11.9 Å². The van der Waals surface area contributed by atoms with Crippen molar-refractivity contribution in [2.24, 2.45) is 0 Å². The normalized spacial score (nSPS) is 12.4. The predicted octanol–water partition coefficient (Wildman–Crippen LogP) is 4.77. The van der Waals surface area contributed by atoms with Gasteiger partial charge in [0.15, 0.2) is 0 Å². The number of halogens is 6. The van der Waals surface area contributed by atoms with Crippen LogP contribution in [0.15, 0.2) is 28.9 Å². The van der Waals surface area contributed by atoms with Crippen molar-refractivity contribution in [3.63, 3.8) is 0 Å². The molecule has 0 spiro atoms. The fraction of sp³-hybridized carbons (Fsp3) is 0.100. The first-order chi connectivity index (χ1) is 8.21. The lowest BCUT2D eigenvalue weighted by molar-refractivity contribution is -0.165. The van der Waals surface area contributed by atoms with Gasteiger partial charge in [0.25, 0.3) is 5.78 Å². The first kappa shape index (κ1) is 15.3. The van der Waals surface area contributed by atoms with E-state index < -0.39 is 16.4 Å². The highest BCUT2D eigenvalue weighted by Gasteiger charge is 2.39. The molecule has 0 bridgehead atoms. The van der Waals surface area contributed by atoms with Crippen LogP contribution in [-0.4, -0.2) is 12.0 Å². The molecule has 0 aromatic heterocycles. The quantitative estimate of drug-likeness (QED) is 0.784. The largest absolute Gasteiger partial charge is 0.455 e. The van der Waals surface area contributed by atoms with Crippen molar-refractivity contribution in [1.82, 2.24) is 0 Å². The zero-order valence-electron chi connectivity index (χ0n) is 8.49. The Morgan fingerprint density at radius 1 is 1.28 bits per heavy atom. The van der Waals surface area contributed by atoms with Crippen LogP contribution in [0, 0.1) is 0 Å². The van der Waals surface area contributed by atoms with Gasteiger partial charge in [-0.3, -0.25) is 4.79 Å². The number of carbonyl (C=O) groups is 1. The van der Waals surface area contributed by atoms with Crippen molar-refractivity contribution < 1.29 is 18.0 Å². The Morgan fingerprint density at radius 2 is 1.89 bits per heavy atom. The highest BCUT2D eigenvalue weighted by Crippen LogP contribution is 2.26. The van der Waals surface area contributed by atoms with E-state index in [0.29, 0.717) is 10.7 Å². The van der Waals surface area contributed by atoms with E-state index in [9.17, 15) is 18.0 Å². The molecule has 0 aliphatic rings. The number of hydrogen-bond acceptors (Lipinski definition) is 2. The van der Waals surface area contributed by atoms with Gasteiger partial charge in [0.2, 0.25) is 0 Å². The van der Waals surface area contributed by atoms with Gasteiger partial charge in [-0.1, -0.05) is 23.2 Å². The second kappa shape index (κ2) is 5.95. The minimum absolute atomic E-state index is 0.244. The lowest BCUT2D eigenvalue weighted by Crippen LogP contribution is -2.22. The summed E-state index contributed by atoms with van der Waals surface area (Å²) in [6.07, 6.45) is -4.04. The van der Waals surface area contributed by atoms with Crippen LogP contribution < -0.4 is 5.32 Å². The van der Waals surface area contributed by atoms with Gasteiger partial charge in [0.05, 0.1) is 14.5 Å². The van der Waals surface area contributed by atoms with Crippen LogP contribution in [0.25, 0.3) is 0 Å². The SMILES string of the molecule is O=C(/C(Br)=C/Nc1ccc(Cl)c(Cl)c1)C(F)(F)F. The van der Waals surface area contributed by atoms with Gasteiger partial charge < -0.3 is 5.32 Å². The van der Waals surface area contributed by atoms with E-state index in [0.717, 1.165) is 6.20 Å². The number of nitrogens with one attached hydrogen (secondary N) is 1. The number of rotatable bonds is 3. The fourth-order valence-electron chi connectivity index (χ4n) is 0.934. The summed E-state index contributed by atoms with van der Waals surface area (Å²) in [7, 11) is 0. The molecular weight excluding hydrogens is 358 g/mol. The summed E-state index contributed by atoms with van der Waals surface area (Å²) >= 11 is 13.9. The Bertz CT molecular complexity index is 502. The van der Waals surface area contributed by atoms with Crippen LogP contribution in [0.4, 0.5) is 18.9 Å². The molecule has 0 unspecified atom stereocenters. The van der Waals surface area contributed by atoms with Crippen LogP contribution >= 0.6 is 39.1 Å². The summed E-state index contributed by atoms with van der Waals surface area (Å²) in [6.45, 7) is 0. The number of Topliss-reactive ketones (excluding diaryl/α,β-unsaturated/α-hetero) is 1. The lowest BCUT2D eigenvalue weighted by Gasteiger charge is -2.06. The standard InChI is InChI=1S/C10H5BrCl2F3NO/c11-6(9(18)10(14,15)16)4-17-5-1-2-7(12)8(13)3-5/h1-4,17H/b6-4-. The molecule has 0 radical (unpaired) electrons. The summed E-state index contributed by atoms with van der Waals surface area (Å²) in [5, 5.41) is 3.05. The second-order valence-electron chi connectivity index (χ2n) is 3.09. The Labute approximate surface area is 119 Å². The summed E-state index contributed by atoms with van der Waals surface area (Å²) in [4.78, 5) is 10.8. The molecule has 1 rings (SSSR count). The van der Waals surface area contributed by atoms with Gasteiger partial charge in [-0.05, 0) is 34.1 Å². The van der Waals surface area contributed by atoms with E-state index in [2.05, 4.69) is 21.2 Å². The Hall–Kier alpha value is -0.720. The third-order valence-electron chi connectivity index (χ3n) is 1.76. The molecule has 0 atom stereocenters. The zero-order chi connectivity index (χ0) is 13.9. The second-order valence-corrected chi connectivity index (χ2v) is 4.76. The van der Waals surface area contributed by atoms with E-state index in [1.54, 1.807) is 0 Å². The van der Waals surface area contributed by atoms with E-state index in [4.69, 9.17) is 23.2 Å². The predicted molar refractivity (Wildman–Crippen MR) is 68.2 cm³/mol. The van der Waals surface area contributed by atoms with Crippen LogP contribution in [0.2, 0.25) is 10.0 Å². The van der Waals surface area contributed by atoms with Gasteiger partial charge in [-0.2, -0.15) is 13.2 Å². The maximum absolute atomic E-state index is 12.1. The van der Waals surface area contributed by atoms with Crippen LogP contribution in [0.5, 0.6) is 0 Å². The third-order valence-corrected chi connectivity index (χ3v) is 3.09. The van der Waals surface area contributed by atoms with Gasteiger partial charge in [-0.15, -0.1) is 0 Å². The molecule has 2 nitrogen and oxygen atoms in total. The molecule has 0 heterocycles. The maximum Gasteiger partial charge on any atom is 0.455 e. The van der Waals surface area contributed by atoms with Gasteiger partial charge in [0.1, 0.15) is 0 Å². The molecule has 1 N–H and O–H groups in total. The Kier molecular flexibility index (Phi) is 5.07. The van der Waals surface area contributed by atoms with Crippen LogP contribution in [0.1, 0.15) is 0 Å². The number of ketones is 1. The van der Waals surface area contributed by atoms with Gasteiger partial charge >= 0.3 is 6.18 Å². The molecule has 0 saturated carbocycles. The lowest BCUT2D eigenvalue weighted by atomic mass is 10.3. The Balaban J connectivity index is 2.80. The molecule has 0 aliphatic heterocycles. The molecule has 1 aromatic rings. The van der Waals surface area contributed by atoms with E-state index in [1.165, 1.54) is 18.2 Å². The molecule has 0 aliphatic carbocycles.